The first-order valence-electron chi connectivity index (χ1n) is 5.33. The van der Waals surface area contributed by atoms with Gasteiger partial charge in [0.2, 0.25) is 18.4 Å². The van der Waals surface area contributed by atoms with Crippen LogP contribution in [-0.2, 0) is 19.2 Å². The van der Waals surface area contributed by atoms with E-state index in [0.29, 0.717) is 0 Å². The predicted octanol–water partition coefficient (Wildman–Crippen LogP) is 0.292. The molecule has 0 aliphatic heterocycles. The Balaban J connectivity index is 4.18. The minimum Gasteiger partial charge on any atom is -0.389 e. The number of carbonyl (C=O) groups excluding carboxylic acids is 4. The smallest absolute Gasteiger partial charge is 0.201 e. The van der Waals surface area contributed by atoms with Crippen LogP contribution in [0.4, 0.5) is 0 Å². The average Bonchev–Trinajstić information content (AvgIpc) is 2.24. The molecule has 0 aliphatic carbocycles. The molecule has 94 valence electrons. The Morgan fingerprint density at radius 3 is 2.35 bits per heavy atom. The average molecular weight is 240 g/mol. The summed E-state index contributed by atoms with van der Waals surface area (Å²) in [6.45, 7) is 2.90. The molecule has 0 spiro atoms. The van der Waals surface area contributed by atoms with E-state index in [9.17, 15) is 24.3 Å². The fraction of sp³-hybridized carbons (Fsp3) is 0.667. The summed E-state index contributed by atoms with van der Waals surface area (Å²) in [4.78, 5) is 43.1. The Labute approximate surface area is 100 Å². The van der Waals surface area contributed by atoms with Gasteiger partial charge in [-0.1, -0.05) is 6.92 Å². The van der Waals surface area contributed by atoms with Crippen molar-refractivity contribution < 1.29 is 24.3 Å². The third kappa shape index (κ3) is 6.73. The van der Waals surface area contributed by atoms with Crippen LogP contribution >= 0.6 is 0 Å². The van der Waals surface area contributed by atoms with Gasteiger partial charge < -0.3 is 5.11 Å². The third-order valence-electron chi connectivity index (χ3n) is 2.31. The number of rotatable bonds is 9. The van der Waals surface area contributed by atoms with Crippen molar-refractivity contribution in [3.05, 3.63) is 0 Å². The Morgan fingerprint density at radius 1 is 1.29 bits per heavy atom. The largest absolute Gasteiger partial charge is 0.389 e. The highest BCUT2D eigenvalue weighted by molar-refractivity contribution is 6.37. The second-order valence-corrected chi connectivity index (χ2v) is 4.40. The highest BCUT2D eigenvalue weighted by Crippen LogP contribution is 2.14. The summed E-state index contributed by atoms with van der Waals surface area (Å²) in [5, 5.41) is 9.56. The van der Waals surface area contributed by atoms with Crippen LogP contribution in [0.2, 0.25) is 0 Å². The van der Waals surface area contributed by atoms with Gasteiger partial charge in [-0.3, -0.25) is 19.2 Å². The fourth-order valence-corrected chi connectivity index (χ4v) is 1.21. The molecule has 0 fully saturated rings. The standard InChI is InChI=1S/C12H16O5/c1-9(8-14)3-4-10(15)11(16)7-12(2,17)5-6-13/h9,17H,3-5,7H2,1-2H3. The zero-order valence-corrected chi connectivity index (χ0v) is 9.99. The van der Waals surface area contributed by atoms with Crippen LogP contribution in [0.5, 0.6) is 0 Å². The molecule has 17 heavy (non-hydrogen) atoms. The van der Waals surface area contributed by atoms with E-state index in [1.54, 1.807) is 13.2 Å². The maximum Gasteiger partial charge on any atom is 0.201 e. The molecule has 2 unspecified atom stereocenters. The minimum atomic E-state index is -1.53. The van der Waals surface area contributed by atoms with E-state index in [0.717, 1.165) is 0 Å². The lowest BCUT2D eigenvalue weighted by Crippen LogP contribution is -2.31. The number of ketones is 2. The molecule has 0 aromatic rings. The Hall–Kier alpha value is -1.36. The summed E-state index contributed by atoms with van der Waals surface area (Å²) >= 11 is 0. The lowest BCUT2D eigenvalue weighted by Gasteiger charge is -2.18. The van der Waals surface area contributed by atoms with Crippen molar-refractivity contribution in [2.45, 2.75) is 45.1 Å². The van der Waals surface area contributed by atoms with Crippen molar-refractivity contribution in [3.8, 4) is 0 Å². The van der Waals surface area contributed by atoms with Crippen LogP contribution in [0.1, 0.15) is 39.5 Å². The van der Waals surface area contributed by atoms with Gasteiger partial charge in [-0.25, -0.2) is 0 Å². The second-order valence-electron chi connectivity index (χ2n) is 4.40. The van der Waals surface area contributed by atoms with Gasteiger partial charge in [0, 0.05) is 25.2 Å². The van der Waals surface area contributed by atoms with Crippen LogP contribution in [0.25, 0.3) is 0 Å². The van der Waals surface area contributed by atoms with Crippen molar-refractivity contribution >= 4 is 24.1 Å². The molecule has 0 rings (SSSR count). The van der Waals surface area contributed by atoms with Crippen LogP contribution in [0, 0.1) is 5.92 Å². The van der Waals surface area contributed by atoms with Gasteiger partial charge in [0.05, 0.1) is 5.60 Å². The first-order valence-corrected chi connectivity index (χ1v) is 5.33. The maximum absolute atomic E-state index is 11.4. The van der Waals surface area contributed by atoms with Crippen LogP contribution in [0.3, 0.4) is 0 Å². The number of aliphatic hydroxyl groups is 1. The van der Waals surface area contributed by atoms with E-state index in [1.807, 2.05) is 0 Å². The zero-order valence-electron chi connectivity index (χ0n) is 9.99. The van der Waals surface area contributed by atoms with E-state index in [4.69, 9.17) is 0 Å². The van der Waals surface area contributed by atoms with Crippen LogP contribution < -0.4 is 0 Å². The normalized spacial score (nSPS) is 15.7. The summed E-state index contributed by atoms with van der Waals surface area (Å²) in [7, 11) is 0. The molecule has 2 atom stereocenters. The molecule has 2 radical (unpaired) electrons. The summed E-state index contributed by atoms with van der Waals surface area (Å²) in [6, 6.07) is 0. The maximum atomic E-state index is 11.4. The number of hydrogen-bond donors (Lipinski definition) is 1. The van der Waals surface area contributed by atoms with Gasteiger partial charge in [0.25, 0.3) is 0 Å². The fourth-order valence-electron chi connectivity index (χ4n) is 1.21. The second kappa shape index (κ2) is 7.06. The lowest BCUT2D eigenvalue weighted by molar-refractivity contribution is -0.139. The third-order valence-corrected chi connectivity index (χ3v) is 2.31. The monoisotopic (exact) mass is 240 g/mol. The van der Waals surface area contributed by atoms with E-state index >= 15 is 0 Å². The van der Waals surface area contributed by atoms with Crippen LogP contribution in [-0.4, -0.2) is 34.8 Å². The van der Waals surface area contributed by atoms with E-state index < -0.39 is 29.5 Å². The Morgan fingerprint density at radius 2 is 1.88 bits per heavy atom. The van der Waals surface area contributed by atoms with Gasteiger partial charge in [0.1, 0.15) is 0 Å². The molecule has 0 amide bonds. The molecule has 0 aromatic heterocycles. The number of Topliss-reactive ketones (excluding diaryl/α,β-unsaturated/α-hetero) is 2. The molecule has 0 aliphatic rings. The topological polar surface area (TPSA) is 88.5 Å². The summed E-state index contributed by atoms with van der Waals surface area (Å²) in [5.41, 5.74) is -1.53. The molecule has 0 saturated heterocycles. The van der Waals surface area contributed by atoms with Crippen LogP contribution in [0.15, 0.2) is 0 Å². The lowest BCUT2D eigenvalue weighted by atomic mass is 9.93. The first-order chi connectivity index (χ1) is 7.82. The summed E-state index contributed by atoms with van der Waals surface area (Å²) in [5.74, 6) is -1.77. The van der Waals surface area contributed by atoms with E-state index in [1.165, 1.54) is 13.2 Å². The summed E-state index contributed by atoms with van der Waals surface area (Å²) < 4.78 is 0. The molecule has 0 saturated carbocycles. The van der Waals surface area contributed by atoms with Crippen molar-refractivity contribution in [2.75, 3.05) is 0 Å². The molecule has 0 heterocycles. The molecular formula is C12H16O5. The quantitative estimate of drug-likeness (QED) is 0.585. The van der Waals surface area contributed by atoms with E-state index in [-0.39, 0.29) is 19.3 Å². The highest BCUT2D eigenvalue weighted by Gasteiger charge is 2.27. The molecule has 5 nitrogen and oxygen atoms in total. The molecule has 0 aromatic carbocycles. The van der Waals surface area contributed by atoms with Crippen molar-refractivity contribution in [2.24, 2.45) is 5.92 Å². The Bertz CT molecular complexity index is 306. The van der Waals surface area contributed by atoms with Crippen molar-refractivity contribution in [1.29, 1.82) is 0 Å². The molecule has 5 heteroatoms. The first kappa shape index (κ1) is 15.6. The van der Waals surface area contributed by atoms with Gasteiger partial charge in [-0.2, -0.15) is 0 Å². The summed E-state index contributed by atoms with van der Waals surface area (Å²) in [6.07, 6.45) is 2.71. The number of hydrogen-bond acceptors (Lipinski definition) is 5. The minimum absolute atomic E-state index is 0.0455. The van der Waals surface area contributed by atoms with Gasteiger partial charge >= 0.3 is 0 Å². The van der Waals surface area contributed by atoms with Gasteiger partial charge in [0.15, 0.2) is 5.78 Å². The predicted molar refractivity (Wildman–Crippen MR) is 59.7 cm³/mol. The van der Waals surface area contributed by atoms with E-state index in [2.05, 4.69) is 0 Å². The van der Waals surface area contributed by atoms with Crippen molar-refractivity contribution in [1.82, 2.24) is 0 Å². The van der Waals surface area contributed by atoms with Crippen molar-refractivity contribution in [3.63, 3.8) is 0 Å². The number of carbonyl (C=O) groups is 2. The van der Waals surface area contributed by atoms with Gasteiger partial charge in [-0.15, -0.1) is 0 Å². The zero-order chi connectivity index (χ0) is 13.5. The van der Waals surface area contributed by atoms with Gasteiger partial charge in [-0.05, 0) is 13.3 Å². The molecule has 1 N–H and O–H groups in total. The molecule has 0 bridgehead atoms. The highest BCUT2D eigenvalue weighted by atomic mass is 16.3. The SMILES string of the molecule is CC([C]=O)CCC(=O)C(=O)CC(C)(O)C[C]=O. The molecular weight excluding hydrogens is 224 g/mol. The Kier molecular flexibility index (Phi) is 6.50.